The molecule has 0 bridgehead atoms. The summed E-state index contributed by atoms with van der Waals surface area (Å²) in [5.41, 5.74) is 0.295. The van der Waals surface area contributed by atoms with E-state index in [1.54, 1.807) is 6.92 Å². The Balaban J connectivity index is 2.99. The smallest absolute Gasteiger partial charge is 0.343 e. The average Bonchev–Trinajstić information content (AvgIpc) is 2.18. The van der Waals surface area contributed by atoms with Crippen LogP contribution in [-0.2, 0) is 4.74 Å². The van der Waals surface area contributed by atoms with Crippen molar-refractivity contribution in [2.24, 2.45) is 0 Å². The second-order valence-corrected chi connectivity index (χ2v) is 3.04. The zero-order valence-electron chi connectivity index (χ0n) is 8.62. The Morgan fingerprint density at radius 3 is 2.80 bits per heavy atom. The fraction of sp³-hybridized carbons (Fsp3) is 0.400. The Kier molecular flexibility index (Phi) is 4.37. The highest BCUT2D eigenvalue weighted by atomic mass is 35.5. The topological polar surface area (TPSA) is 48.4 Å². The van der Waals surface area contributed by atoms with E-state index in [1.165, 1.54) is 12.3 Å². The molecule has 1 aromatic rings. The lowest BCUT2D eigenvalue weighted by atomic mass is 10.2. The van der Waals surface area contributed by atoms with Crippen LogP contribution in [0.4, 0.5) is 0 Å². The lowest BCUT2D eigenvalue weighted by molar-refractivity contribution is 0.0521. The Morgan fingerprint density at radius 2 is 2.20 bits per heavy atom. The van der Waals surface area contributed by atoms with E-state index in [0.717, 1.165) is 0 Å². The second kappa shape index (κ2) is 5.56. The average molecular weight is 230 g/mol. The molecule has 0 unspecified atom stereocenters. The normalized spacial score (nSPS) is 9.80. The Bertz CT molecular complexity index is 355. The van der Waals surface area contributed by atoms with Crippen molar-refractivity contribution < 1.29 is 14.3 Å². The fourth-order valence-corrected chi connectivity index (χ4v) is 1.20. The minimum atomic E-state index is -0.454. The summed E-state index contributed by atoms with van der Waals surface area (Å²) in [7, 11) is 0. The second-order valence-electron chi connectivity index (χ2n) is 2.66. The van der Waals surface area contributed by atoms with Crippen molar-refractivity contribution in [1.29, 1.82) is 0 Å². The predicted octanol–water partition coefficient (Wildman–Crippen LogP) is 2.31. The highest BCUT2D eigenvalue weighted by molar-refractivity contribution is 6.29. The van der Waals surface area contributed by atoms with E-state index in [2.05, 4.69) is 4.98 Å². The van der Waals surface area contributed by atoms with Gasteiger partial charge in [0.05, 0.1) is 13.2 Å². The molecule has 0 aromatic carbocycles. The van der Waals surface area contributed by atoms with E-state index in [9.17, 15) is 4.79 Å². The molecule has 5 heteroatoms. The molecule has 0 spiro atoms. The summed E-state index contributed by atoms with van der Waals surface area (Å²) in [5, 5.41) is 0.284. The maximum Gasteiger partial charge on any atom is 0.343 e. The molecule has 0 fully saturated rings. The van der Waals surface area contributed by atoms with Crippen molar-refractivity contribution >= 4 is 17.6 Å². The van der Waals surface area contributed by atoms with Crippen molar-refractivity contribution in [1.82, 2.24) is 4.98 Å². The number of esters is 1. The zero-order chi connectivity index (χ0) is 11.3. The third kappa shape index (κ3) is 3.09. The summed E-state index contributed by atoms with van der Waals surface area (Å²) in [6, 6.07) is 1.50. The summed E-state index contributed by atoms with van der Waals surface area (Å²) in [6.07, 6.45) is 1.35. The molecule has 0 N–H and O–H groups in total. The molecule has 82 valence electrons. The molecule has 0 aliphatic carbocycles. The Morgan fingerprint density at radius 1 is 1.47 bits per heavy atom. The van der Waals surface area contributed by atoms with Gasteiger partial charge in [-0.25, -0.2) is 9.78 Å². The summed E-state index contributed by atoms with van der Waals surface area (Å²) in [6.45, 7) is 4.32. The monoisotopic (exact) mass is 229 g/mol. The lowest BCUT2D eigenvalue weighted by Gasteiger charge is -2.08. The Hall–Kier alpha value is -1.29. The van der Waals surface area contributed by atoms with Gasteiger partial charge in [0, 0.05) is 12.3 Å². The number of carbonyl (C=O) groups excluding carboxylic acids is 1. The van der Waals surface area contributed by atoms with Crippen LogP contribution >= 0.6 is 11.6 Å². The summed E-state index contributed by atoms with van der Waals surface area (Å²) < 4.78 is 10.1. The van der Waals surface area contributed by atoms with E-state index in [-0.39, 0.29) is 5.15 Å². The number of pyridine rings is 1. The quantitative estimate of drug-likeness (QED) is 0.587. The van der Waals surface area contributed by atoms with Crippen LogP contribution in [0, 0.1) is 0 Å². The van der Waals surface area contributed by atoms with Gasteiger partial charge in [-0.1, -0.05) is 11.6 Å². The zero-order valence-corrected chi connectivity index (χ0v) is 9.37. The van der Waals surface area contributed by atoms with Crippen molar-refractivity contribution in [2.75, 3.05) is 13.2 Å². The number of halogens is 1. The van der Waals surface area contributed by atoms with E-state index >= 15 is 0 Å². The number of rotatable bonds is 4. The van der Waals surface area contributed by atoms with Gasteiger partial charge in [-0.05, 0) is 13.8 Å². The summed E-state index contributed by atoms with van der Waals surface area (Å²) in [4.78, 5) is 15.3. The van der Waals surface area contributed by atoms with E-state index in [0.29, 0.717) is 24.5 Å². The third-order valence-electron chi connectivity index (χ3n) is 1.63. The number of carbonyl (C=O) groups is 1. The summed E-state index contributed by atoms with van der Waals surface area (Å²) >= 11 is 5.69. The minimum Gasteiger partial charge on any atom is -0.493 e. The van der Waals surface area contributed by atoms with Gasteiger partial charge < -0.3 is 9.47 Å². The molecule has 0 saturated heterocycles. The van der Waals surface area contributed by atoms with Crippen LogP contribution in [0.3, 0.4) is 0 Å². The molecule has 0 atom stereocenters. The van der Waals surface area contributed by atoms with E-state index < -0.39 is 5.97 Å². The van der Waals surface area contributed by atoms with Crippen LogP contribution in [0.25, 0.3) is 0 Å². The van der Waals surface area contributed by atoms with Crippen LogP contribution in [0.2, 0.25) is 5.15 Å². The molecule has 1 aromatic heterocycles. The standard InChI is InChI=1S/C10H12ClNO3/c1-3-14-8-5-9(11)12-6-7(8)10(13)15-4-2/h5-6H,3-4H2,1-2H3. The fourth-order valence-electron chi connectivity index (χ4n) is 1.05. The van der Waals surface area contributed by atoms with Crippen molar-refractivity contribution in [3.8, 4) is 5.75 Å². The SMILES string of the molecule is CCOC(=O)c1cnc(Cl)cc1OCC. The third-order valence-corrected chi connectivity index (χ3v) is 1.83. The van der Waals surface area contributed by atoms with Crippen molar-refractivity contribution in [3.05, 3.63) is 23.0 Å². The molecule has 0 amide bonds. The molecule has 0 aliphatic rings. The molecule has 0 aliphatic heterocycles. The first-order valence-corrected chi connectivity index (χ1v) is 5.02. The molecular weight excluding hydrogens is 218 g/mol. The first-order chi connectivity index (χ1) is 7.19. The van der Waals surface area contributed by atoms with Gasteiger partial charge in [0.25, 0.3) is 0 Å². The lowest BCUT2D eigenvalue weighted by Crippen LogP contribution is -2.08. The van der Waals surface area contributed by atoms with Gasteiger partial charge in [-0.2, -0.15) is 0 Å². The highest BCUT2D eigenvalue weighted by Crippen LogP contribution is 2.22. The maximum atomic E-state index is 11.5. The molecule has 1 heterocycles. The van der Waals surface area contributed by atoms with Crippen LogP contribution in [-0.4, -0.2) is 24.2 Å². The minimum absolute atomic E-state index is 0.284. The van der Waals surface area contributed by atoms with Crippen molar-refractivity contribution in [2.45, 2.75) is 13.8 Å². The van der Waals surface area contributed by atoms with Gasteiger partial charge in [-0.15, -0.1) is 0 Å². The molecule has 0 radical (unpaired) electrons. The van der Waals surface area contributed by atoms with Gasteiger partial charge in [0.1, 0.15) is 16.5 Å². The molecular formula is C10H12ClNO3. The molecule has 0 saturated carbocycles. The maximum absolute atomic E-state index is 11.5. The highest BCUT2D eigenvalue weighted by Gasteiger charge is 2.14. The van der Waals surface area contributed by atoms with Crippen LogP contribution in [0.15, 0.2) is 12.3 Å². The van der Waals surface area contributed by atoms with Gasteiger partial charge in [0.2, 0.25) is 0 Å². The summed E-state index contributed by atoms with van der Waals surface area (Å²) in [5.74, 6) is -0.0546. The number of hydrogen-bond acceptors (Lipinski definition) is 4. The van der Waals surface area contributed by atoms with Crippen molar-refractivity contribution in [3.63, 3.8) is 0 Å². The molecule has 15 heavy (non-hydrogen) atoms. The number of nitrogens with zero attached hydrogens (tertiary/aromatic N) is 1. The number of hydrogen-bond donors (Lipinski definition) is 0. The van der Waals surface area contributed by atoms with Crippen LogP contribution in [0.1, 0.15) is 24.2 Å². The predicted molar refractivity (Wildman–Crippen MR) is 56.4 cm³/mol. The number of ether oxygens (including phenoxy) is 2. The van der Waals surface area contributed by atoms with Crippen LogP contribution in [0.5, 0.6) is 5.75 Å². The Labute approximate surface area is 93.2 Å². The number of aromatic nitrogens is 1. The largest absolute Gasteiger partial charge is 0.493 e. The first kappa shape index (κ1) is 11.8. The van der Waals surface area contributed by atoms with Gasteiger partial charge in [0.15, 0.2) is 0 Å². The van der Waals surface area contributed by atoms with Crippen LogP contribution < -0.4 is 4.74 Å². The van der Waals surface area contributed by atoms with E-state index in [4.69, 9.17) is 21.1 Å². The molecule has 1 rings (SSSR count). The first-order valence-electron chi connectivity index (χ1n) is 4.64. The van der Waals surface area contributed by atoms with Gasteiger partial charge in [-0.3, -0.25) is 0 Å². The van der Waals surface area contributed by atoms with Gasteiger partial charge >= 0.3 is 5.97 Å². The van der Waals surface area contributed by atoms with E-state index in [1.807, 2.05) is 6.92 Å². The molecule has 4 nitrogen and oxygen atoms in total.